The van der Waals surface area contributed by atoms with Gasteiger partial charge in [-0.2, -0.15) is 30.7 Å². The van der Waals surface area contributed by atoms with Gasteiger partial charge in [0.15, 0.2) is 6.61 Å². The van der Waals surface area contributed by atoms with Gasteiger partial charge in [0.2, 0.25) is 0 Å². The molecule has 0 saturated carbocycles. The van der Waals surface area contributed by atoms with E-state index in [0.717, 1.165) is 7.11 Å². The van der Waals surface area contributed by atoms with E-state index in [9.17, 15) is 41.2 Å². The van der Waals surface area contributed by atoms with Gasteiger partial charge in [0.05, 0.1) is 19.2 Å². The Labute approximate surface area is 116 Å². The summed E-state index contributed by atoms with van der Waals surface area (Å²) in [6, 6.07) is 0. The maximum Gasteiger partial charge on any atom is 0.425 e. The van der Waals surface area contributed by atoms with E-state index >= 15 is 0 Å². The van der Waals surface area contributed by atoms with Gasteiger partial charge in [0, 0.05) is 0 Å². The second-order valence-corrected chi connectivity index (χ2v) is 3.96. The second kappa shape index (κ2) is 7.15. The Bertz CT molecular complexity index is 367. The first-order valence-corrected chi connectivity index (χ1v) is 5.20. The monoisotopic (exact) mass is 347 g/mol. The molecule has 0 saturated heterocycles. The highest BCUT2D eigenvalue weighted by atomic mass is 32.2. The summed E-state index contributed by atoms with van der Waals surface area (Å²) in [5, 5.41) is 11.9. The van der Waals surface area contributed by atoms with Crippen LogP contribution in [-0.4, -0.2) is 42.8 Å². The molecule has 0 atom stereocenters. The van der Waals surface area contributed by atoms with Crippen LogP contribution in [-0.2, 0) is 28.4 Å². The Kier molecular flexibility index (Phi) is 6.72. The number of rotatable bonds is 6. The van der Waals surface area contributed by atoms with Crippen molar-refractivity contribution in [1.29, 1.82) is 0 Å². The number of alkyl halides is 6. The summed E-state index contributed by atoms with van der Waals surface area (Å²) in [6.45, 7) is -1.51. The molecule has 0 bridgehead atoms. The Morgan fingerprint density at radius 3 is 1.90 bits per heavy atom. The highest BCUT2D eigenvalue weighted by Crippen LogP contribution is 2.53. The third-order valence-corrected chi connectivity index (χ3v) is 2.82. The van der Waals surface area contributed by atoms with Crippen LogP contribution in [0.3, 0.4) is 0 Å². The highest BCUT2D eigenvalue weighted by Gasteiger charge is 2.79. The molecule has 14 heteroatoms. The Balaban J connectivity index is 5.55. The smallest absolute Gasteiger partial charge is 0.425 e. The third kappa shape index (κ3) is 4.36. The molecule has 7 nitrogen and oxygen atoms in total. The number of esters is 2. The highest BCUT2D eigenvalue weighted by molar-refractivity contribution is 7.96. The number of hydrogen-bond acceptors (Lipinski definition) is 8. The fraction of sp³-hybridized carbons (Fsp3) is 0.714. The number of halogens is 6. The molecule has 0 spiro atoms. The predicted molar refractivity (Wildman–Crippen MR) is 47.6 cm³/mol. The van der Waals surface area contributed by atoms with E-state index in [1.807, 2.05) is 0 Å². The van der Waals surface area contributed by atoms with Crippen LogP contribution >= 0.6 is 12.0 Å². The molecule has 0 rings (SSSR count). The quantitative estimate of drug-likeness (QED) is 0.225. The van der Waals surface area contributed by atoms with Gasteiger partial charge in [0.1, 0.15) is 0 Å². The van der Waals surface area contributed by atoms with Crippen LogP contribution in [0.2, 0.25) is 0 Å². The lowest BCUT2D eigenvalue weighted by Crippen LogP contribution is -2.60. The maximum atomic E-state index is 12.7. The molecule has 0 aliphatic rings. The van der Waals surface area contributed by atoms with Gasteiger partial charge in [-0.25, -0.2) is 9.59 Å². The van der Waals surface area contributed by atoms with Crippen molar-refractivity contribution in [2.24, 2.45) is 0 Å². The van der Waals surface area contributed by atoms with E-state index < -0.39 is 47.7 Å². The van der Waals surface area contributed by atoms with E-state index in [-0.39, 0.29) is 0 Å². The first-order chi connectivity index (χ1) is 9.44. The van der Waals surface area contributed by atoms with E-state index in [4.69, 9.17) is 0 Å². The van der Waals surface area contributed by atoms with Crippen LogP contribution in [0.25, 0.3) is 0 Å². The summed E-state index contributed by atoms with van der Waals surface area (Å²) in [4.78, 5) is 21.7. The average molecular weight is 347 g/mol. The lowest BCUT2D eigenvalue weighted by Gasteiger charge is -2.32. The summed E-state index contributed by atoms with van der Waals surface area (Å²) in [7, 11) is 0.750. The predicted octanol–water partition coefficient (Wildman–Crippen LogP) is 0.438. The van der Waals surface area contributed by atoms with Gasteiger partial charge >= 0.3 is 29.0 Å². The SMILES string of the molecule is COC(=O)COC(=O)C(SOO[O-])(C(F)(F)F)C(F)(F)F. The molecule has 0 radical (unpaired) electrons. The third-order valence-electron chi connectivity index (χ3n) is 1.82. The number of ether oxygens (including phenoxy) is 2. The Hall–Kier alpha value is -1.25. The minimum absolute atomic E-state index is 0.750. The number of carbonyl (C=O) groups excluding carboxylic acids is 2. The van der Waals surface area contributed by atoms with Crippen molar-refractivity contribution in [3.8, 4) is 0 Å². The zero-order chi connectivity index (χ0) is 16.9. The topological polar surface area (TPSA) is 94.1 Å². The number of carbonyl (C=O) groups is 2. The molecule has 21 heavy (non-hydrogen) atoms. The van der Waals surface area contributed by atoms with Gasteiger partial charge in [-0.15, -0.1) is 0 Å². The number of methoxy groups -OCH3 is 1. The second-order valence-electron chi connectivity index (χ2n) is 3.05. The fourth-order valence-electron chi connectivity index (χ4n) is 0.871. The van der Waals surface area contributed by atoms with Crippen LogP contribution in [0.15, 0.2) is 0 Å². The summed E-state index contributed by atoms with van der Waals surface area (Å²) in [6.07, 6.45) is -12.6. The zero-order valence-electron chi connectivity index (χ0n) is 9.74. The van der Waals surface area contributed by atoms with Crippen molar-refractivity contribution >= 4 is 24.0 Å². The molecule has 0 aliphatic heterocycles. The molecule has 0 amide bonds. The van der Waals surface area contributed by atoms with Gasteiger partial charge in [-0.3, -0.25) is 5.04 Å². The Morgan fingerprint density at radius 1 is 1.10 bits per heavy atom. The van der Waals surface area contributed by atoms with Crippen molar-refractivity contribution in [1.82, 2.24) is 0 Å². The largest absolute Gasteiger partial charge is 0.691 e. The molecule has 0 aromatic carbocycles. The molecule has 0 heterocycles. The van der Waals surface area contributed by atoms with E-state index in [0.29, 0.717) is 0 Å². The van der Waals surface area contributed by atoms with Crippen molar-refractivity contribution in [3.05, 3.63) is 0 Å². The molecule has 0 aromatic heterocycles. The van der Waals surface area contributed by atoms with Crippen molar-refractivity contribution in [2.75, 3.05) is 13.7 Å². The summed E-state index contributed by atoms with van der Waals surface area (Å²) >= 11 is -1.66. The molecule has 0 aliphatic carbocycles. The van der Waals surface area contributed by atoms with Crippen molar-refractivity contribution in [3.63, 3.8) is 0 Å². The Morgan fingerprint density at radius 2 is 1.57 bits per heavy atom. The molecule has 124 valence electrons. The van der Waals surface area contributed by atoms with E-state index in [1.165, 1.54) is 0 Å². The van der Waals surface area contributed by atoms with E-state index in [1.54, 1.807) is 0 Å². The molecule has 0 aromatic rings. The zero-order valence-corrected chi connectivity index (χ0v) is 10.6. The molecule has 0 unspecified atom stereocenters. The summed E-state index contributed by atoms with van der Waals surface area (Å²) < 4.78 is 81.1. The van der Waals surface area contributed by atoms with Gasteiger partial charge in [0.25, 0.3) is 0 Å². The van der Waals surface area contributed by atoms with Crippen molar-refractivity contribution < 1.29 is 60.0 Å². The standard InChI is InChI=1S/C7H6F6O7S/c1-17-3(14)2-18-4(15)5(6(8,9)10,7(11,12)13)21-20-19-16/h16H,2H2,1H3/p-1. The average Bonchev–Trinajstić information content (AvgIpc) is 2.33. The van der Waals surface area contributed by atoms with E-state index in [2.05, 4.69) is 18.8 Å². The van der Waals surface area contributed by atoms with Gasteiger partial charge in [-0.1, -0.05) is 0 Å². The van der Waals surface area contributed by atoms with Crippen LogP contribution in [0, 0.1) is 0 Å². The van der Waals surface area contributed by atoms with Gasteiger partial charge < -0.3 is 14.7 Å². The maximum absolute atomic E-state index is 12.7. The summed E-state index contributed by atoms with van der Waals surface area (Å²) in [5.74, 6) is -4.34. The van der Waals surface area contributed by atoms with Crippen LogP contribution in [0.4, 0.5) is 26.3 Å². The van der Waals surface area contributed by atoms with Crippen molar-refractivity contribution in [2.45, 2.75) is 17.1 Å². The number of hydrogen-bond donors (Lipinski definition) is 0. The minimum Gasteiger partial charge on any atom is -0.691 e. The normalized spacial score (nSPS) is 13.0. The molecular weight excluding hydrogens is 342 g/mol. The molecule has 0 N–H and O–H groups in total. The van der Waals surface area contributed by atoms with Gasteiger partial charge in [-0.05, 0) is 0 Å². The first kappa shape index (κ1) is 19.8. The molecule has 0 fully saturated rings. The lowest BCUT2D eigenvalue weighted by atomic mass is 10.1. The fourth-order valence-corrected chi connectivity index (χ4v) is 1.32. The van der Waals surface area contributed by atoms with Crippen LogP contribution in [0.5, 0.6) is 0 Å². The minimum atomic E-state index is -6.28. The first-order valence-electron chi connectivity index (χ1n) is 4.45. The molecular formula is C7H5F6O7S-. The summed E-state index contributed by atoms with van der Waals surface area (Å²) in [5.41, 5.74) is 0. The van der Waals surface area contributed by atoms with Crippen LogP contribution in [0.1, 0.15) is 0 Å². The van der Waals surface area contributed by atoms with Crippen LogP contribution < -0.4 is 5.26 Å². The lowest BCUT2D eigenvalue weighted by molar-refractivity contribution is -0.777.